The summed E-state index contributed by atoms with van der Waals surface area (Å²) in [6, 6.07) is 9.36. The number of hydrogen-bond acceptors (Lipinski definition) is 3. The van der Waals surface area contributed by atoms with Gasteiger partial charge in [-0.05, 0) is 29.0 Å². The van der Waals surface area contributed by atoms with Crippen molar-refractivity contribution in [3.8, 4) is 0 Å². The lowest BCUT2D eigenvalue weighted by Gasteiger charge is -1.96. The number of rotatable bonds is 1. The third-order valence-corrected chi connectivity index (χ3v) is 3.11. The molecule has 6 heteroatoms. The van der Waals surface area contributed by atoms with Gasteiger partial charge in [0.05, 0.1) is 5.52 Å². The summed E-state index contributed by atoms with van der Waals surface area (Å²) in [6.07, 6.45) is 0. The van der Waals surface area contributed by atoms with E-state index < -0.39 is 0 Å². The number of H-pyrrole nitrogens is 1. The number of thiophene rings is 1. The maximum absolute atomic E-state index is 10.8. The zero-order valence-electron chi connectivity index (χ0n) is 10.2. The number of aromatic nitrogens is 2. The molecule has 2 heterocycles. The van der Waals surface area contributed by atoms with Crippen molar-refractivity contribution in [2.75, 3.05) is 5.32 Å². The molecule has 0 aliphatic rings. The van der Waals surface area contributed by atoms with Crippen LogP contribution in [0.3, 0.4) is 0 Å². The van der Waals surface area contributed by atoms with E-state index in [9.17, 15) is 4.79 Å². The molecule has 0 bridgehead atoms. The van der Waals surface area contributed by atoms with Gasteiger partial charge in [0.15, 0.2) is 5.82 Å². The summed E-state index contributed by atoms with van der Waals surface area (Å²) in [4.78, 5) is 10.8. The molecule has 0 saturated heterocycles. The highest BCUT2D eigenvalue weighted by Crippen LogP contribution is 2.23. The van der Waals surface area contributed by atoms with Crippen LogP contribution in [0.2, 0.25) is 5.02 Å². The average molecular weight is 294 g/mol. The molecule has 2 N–H and O–H groups in total. The molecule has 1 aromatic carbocycles. The maximum atomic E-state index is 10.8. The summed E-state index contributed by atoms with van der Waals surface area (Å²) < 4.78 is 0. The molecule has 0 spiro atoms. The lowest BCUT2D eigenvalue weighted by Crippen LogP contribution is -2.06. The Hall–Kier alpha value is -1.85. The van der Waals surface area contributed by atoms with Crippen molar-refractivity contribution < 1.29 is 4.79 Å². The summed E-state index contributed by atoms with van der Waals surface area (Å²) in [6.45, 7) is 1.44. The number of aromatic amines is 1. The highest BCUT2D eigenvalue weighted by Gasteiger charge is 2.06. The van der Waals surface area contributed by atoms with Crippen LogP contribution in [0.4, 0.5) is 5.82 Å². The second-order valence-electron chi connectivity index (χ2n) is 3.74. The van der Waals surface area contributed by atoms with E-state index in [-0.39, 0.29) is 5.91 Å². The lowest BCUT2D eigenvalue weighted by atomic mass is 10.2. The van der Waals surface area contributed by atoms with E-state index >= 15 is 0 Å². The Morgan fingerprint density at radius 2 is 2.11 bits per heavy atom. The van der Waals surface area contributed by atoms with Crippen molar-refractivity contribution in [2.45, 2.75) is 6.92 Å². The van der Waals surface area contributed by atoms with Gasteiger partial charge in [-0.25, -0.2) is 0 Å². The monoisotopic (exact) mass is 293 g/mol. The fourth-order valence-corrected chi connectivity index (χ4v) is 2.11. The number of fused-ring (bicyclic) bond motifs is 1. The van der Waals surface area contributed by atoms with Crippen molar-refractivity contribution >= 4 is 45.6 Å². The number of amides is 1. The second kappa shape index (κ2) is 6.36. The quantitative estimate of drug-likeness (QED) is 0.714. The topological polar surface area (TPSA) is 57.8 Å². The minimum atomic E-state index is -0.145. The van der Waals surface area contributed by atoms with Gasteiger partial charge in [0.2, 0.25) is 5.91 Å². The average Bonchev–Trinajstić information content (AvgIpc) is 3.01. The van der Waals surface area contributed by atoms with E-state index in [0.29, 0.717) is 10.8 Å². The molecule has 0 atom stereocenters. The molecule has 0 saturated carbocycles. The molecule has 0 aliphatic heterocycles. The molecule has 1 amide bonds. The second-order valence-corrected chi connectivity index (χ2v) is 4.99. The molecule has 19 heavy (non-hydrogen) atoms. The standard InChI is InChI=1S/C9H8ClN3O.C4H4S/c1-5(14)11-9-7-3-2-6(10)4-8(7)12-13-9;1-2-4-5-3-1/h2-4H,1H3,(H2,11,12,13,14);1-4H. The Bertz CT molecular complexity index is 646. The summed E-state index contributed by atoms with van der Waals surface area (Å²) in [7, 11) is 0. The Morgan fingerprint density at radius 1 is 1.37 bits per heavy atom. The smallest absolute Gasteiger partial charge is 0.222 e. The number of carbonyl (C=O) groups excluding carboxylic acids is 1. The third-order valence-electron chi connectivity index (χ3n) is 2.24. The van der Waals surface area contributed by atoms with Crippen LogP contribution < -0.4 is 5.32 Å². The van der Waals surface area contributed by atoms with Crippen LogP contribution in [0.15, 0.2) is 41.1 Å². The molecule has 0 aliphatic carbocycles. The van der Waals surface area contributed by atoms with Crippen LogP contribution >= 0.6 is 22.9 Å². The van der Waals surface area contributed by atoms with Crippen molar-refractivity contribution in [1.82, 2.24) is 10.2 Å². The van der Waals surface area contributed by atoms with Crippen molar-refractivity contribution in [1.29, 1.82) is 0 Å². The Balaban J connectivity index is 0.000000224. The van der Waals surface area contributed by atoms with E-state index in [2.05, 4.69) is 15.5 Å². The zero-order chi connectivity index (χ0) is 13.7. The molecule has 0 fully saturated rings. The van der Waals surface area contributed by atoms with Gasteiger partial charge in [0.25, 0.3) is 0 Å². The van der Waals surface area contributed by atoms with E-state index in [1.807, 2.05) is 29.0 Å². The molecular weight excluding hydrogens is 282 g/mol. The van der Waals surface area contributed by atoms with E-state index in [0.717, 1.165) is 10.9 Å². The van der Waals surface area contributed by atoms with Gasteiger partial charge < -0.3 is 5.32 Å². The fraction of sp³-hybridized carbons (Fsp3) is 0.0769. The van der Waals surface area contributed by atoms with Gasteiger partial charge in [-0.3, -0.25) is 9.89 Å². The molecule has 3 rings (SSSR count). The number of nitrogens with zero attached hydrogens (tertiary/aromatic N) is 1. The molecule has 4 nitrogen and oxygen atoms in total. The summed E-state index contributed by atoms with van der Waals surface area (Å²) >= 11 is 7.51. The Morgan fingerprint density at radius 3 is 2.68 bits per heavy atom. The molecule has 3 aromatic rings. The van der Waals surface area contributed by atoms with E-state index in [4.69, 9.17) is 11.6 Å². The normalized spacial score (nSPS) is 9.79. The first kappa shape index (κ1) is 13.6. The molecule has 0 radical (unpaired) electrons. The number of hydrogen-bond donors (Lipinski definition) is 2. The van der Waals surface area contributed by atoms with Gasteiger partial charge in [0.1, 0.15) is 0 Å². The van der Waals surface area contributed by atoms with Crippen molar-refractivity contribution in [3.63, 3.8) is 0 Å². The number of benzene rings is 1. The van der Waals surface area contributed by atoms with Crippen LogP contribution in [-0.4, -0.2) is 16.1 Å². The summed E-state index contributed by atoms with van der Waals surface area (Å²) in [5, 5.41) is 14.9. The third kappa shape index (κ3) is 3.81. The zero-order valence-corrected chi connectivity index (χ0v) is 11.8. The van der Waals surface area contributed by atoms with Gasteiger partial charge >= 0.3 is 0 Å². The van der Waals surface area contributed by atoms with Crippen LogP contribution in [0.5, 0.6) is 0 Å². The highest BCUT2D eigenvalue weighted by atomic mass is 35.5. The Kier molecular flexibility index (Phi) is 4.54. The molecule has 2 aromatic heterocycles. The molecular formula is C13H12ClN3OS. The SMILES string of the molecule is CC(=O)Nc1n[nH]c2cc(Cl)ccc12.c1ccsc1. The van der Waals surface area contributed by atoms with E-state index in [1.54, 1.807) is 23.5 Å². The number of halogens is 1. The van der Waals surface area contributed by atoms with Gasteiger partial charge in [-0.1, -0.05) is 23.7 Å². The van der Waals surface area contributed by atoms with Crippen LogP contribution in [0.25, 0.3) is 10.9 Å². The van der Waals surface area contributed by atoms with Gasteiger partial charge in [-0.2, -0.15) is 16.4 Å². The maximum Gasteiger partial charge on any atom is 0.222 e. The summed E-state index contributed by atoms with van der Waals surface area (Å²) in [5.74, 6) is 0.387. The van der Waals surface area contributed by atoms with Crippen molar-refractivity contribution in [3.05, 3.63) is 46.1 Å². The molecule has 0 unspecified atom stereocenters. The Labute approximate surface area is 119 Å². The first-order valence-electron chi connectivity index (χ1n) is 5.55. The minimum absolute atomic E-state index is 0.145. The predicted molar refractivity (Wildman–Crippen MR) is 79.7 cm³/mol. The first-order valence-corrected chi connectivity index (χ1v) is 6.87. The van der Waals surface area contributed by atoms with Gasteiger partial charge in [0, 0.05) is 17.3 Å². The van der Waals surface area contributed by atoms with Crippen molar-refractivity contribution in [2.24, 2.45) is 0 Å². The predicted octanol–water partition coefficient (Wildman–Crippen LogP) is 3.92. The molecule has 98 valence electrons. The highest BCUT2D eigenvalue weighted by molar-refractivity contribution is 7.07. The van der Waals surface area contributed by atoms with E-state index in [1.165, 1.54) is 6.92 Å². The largest absolute Gasteiger partial charge is 0.309 e. The van der Waals surface area contributed by atoms with Crippen LogP contribution in [0.1, 0.15) is 6.92 Å². The first-order chi connectivity index (χ1) is 9.16. The van der Waals surface area contributed by atoms with Crippen LogP contribution in [0, 0.1) is 0 Å². The fourth-order valence-electron chi connectivity index (χ4n) is 1.48. The number of carbonyl (C=O) groups is 1. The number of nitrogens with one attached hydrogen (secondary N) is 2. The van der Waals surface area contributed by atoms with Gasteiger partial charge in [-0.15, -0.1) is 0 Å². The lowest BCUT2D eigenvalue weighted by molar-refractivity contribution is -0.114. The summed E-state index contributed by atoms with van der Waals surface area (Å²) in [5.41, 5.74) is 0.807. The number of anilines is 1. The van der Waals surface area contributed by atoms with Crippen LogP contribution in [-0.2, 0) is 4.79 Å². The minimum Gasteiger partial charge on any atom is -0.309 e.